The number of ether oxygens (including phenoxy) is 1. The van der Waals surface area contributed by atoms with Crippen molar-refractivity contribution in [2.75, 3.05) is 46.6 Å². The minimum atomic E-state index is -3.07. The molecule has 1 heterocycles. The molecule has 2 rings (SSSR count). The topological polar surface area (TPSA) is 74.2 Å². The van der Waals surface area contributed by atoms with E-state index in [4.69, 9.17) is 9.73 Å². The summed E-state index contributed by atoms with van der Waals surface area (Å²) in [5, 5.41) is 3.34. The molecule has 0 bridgehead atoms. The molecule has 0 unspecified atom stereocenters. The highest BCUT2D eigenvalue weighted by atomic mass is 32.2. The highest BCUT2D eigenvalue weighted by Crippen LogP contribution is 2.19. The van der Waals surface area contributed by atoms with Crippen LogP contribution >= 0.6 is 0 Å². The molecule has 0 spiro atoms. The van der Waals surface area contributed by atoms with Crippen molar-refractivity contribution in [2.24, 2.45) is 10.9 Å². The number of rotatable bonds is 7. The van der Waals surface area contributed by atoms with Crippen LogP contribution < -0.4 is 10.1 Å². The number of methoxy groups -OCH3 is 1. The molecule has 0 atom stereocenters. The molecule has 7 nitrogen and oxygen atoms in total. The van der Waals surface area contributed by atoms with E-state index in [1.807, 2.05) is 19.2 Å². The fourth-order valence-electron chi connectivity index (χ4n) is 3.19. The largest absolute Gasteiger partial charge is 0.497 e. The average Bonchev–Trinajstić information content (AvgIpc) is 2.65. The summed E-state index contributed by atoms with van der Waals surface area (Å²) in [4.78, 5) is 6.90. The van der Waals surface area contributed by atoms with E-state index in [2.05, 4.69) is 29.3 Å². The van der Waals surface area contributed by atoms with Gasteiger partial charge in [-0.2, -0.15) is 0 Å². The highest BCUT2D eigenvalue weighted by molar-refractivity contribution is 7.88. The molecule has 152 valence electrons. The molecule has 0 amide bonds. The zero-order chi connectivity index (χ0) is 19.9. The Morgan fingerprint density at radius 1 is 1.30 bits per heavy atom. The zero-order valence-corrected chi connectivity index (χ0v) is 17.6. The van der Waals surface area contributed by atoms with Gasteiger partial charge in [0.05, 0.1) is 13.4 Å². The van der Waals surface area contributed by atoms with Crippen LogP contribution in [-0.4, -0.2) is 70.2 Å². The molecular weight excluding hydrogens is 364 g/mol. The molecule has 1 aromatic rings. The van der Waals surface area contributed by atoms with Crippen LogP contribution in [0.15, 0.2) is 29.3 Å². The second-order valence-corrected chi connectivity index (χ2v) is 8.99. The monoisotopic (exact) mass is 396 g/mol. The van der Waals surface area contributed by atoms with Crippen molar-refractivity contribution in [3.05, 3.63) is 29.8 Å². The first-order chi connectivity index (χ1) is 12.8. The maximum atomic E-state index is 11.6. The van der Waals surface area contributed by atoms with Crippen LogP contribution in [0.5, 0.6) is 5.75 Å². The molecule has 1 fully saturated rings. The number of nitrogens with zero attached hydrogens (tertiary/aromatic N) is 3. The molecule has 1 aliphatic heterocycles. The first kappa shape index (κ1) is 21.5. The standard InChI is InChI=1S/C19H32N4O3S/c1-5-20-19(22(2)15-17-6-8-18(26-3)9-7-17)21-14-16-10-12-23(13-11-16)27(4,24)25/h6-9,16H,5,10-15H2,1-4H3,(H,20,21). The van der Waals surface area contributed by atoms with Crippen molar-refractivity contribution in [1.29, 1.82) is 0 Å². The molecule has 0 radical (unpaired) electrons. The van der Waals surface area contributed by atoms with E-state index < -0.39 is 10.0 Å². The van der Waals surface area contributed by atoms with Crippen molar-refractivity contribution in [2.45, 2.75) is 26.3 Å². The fraction of sp³-hybridized carbons (Fsp3) is 0.632. The number of hydrogen-bond acceptors (Lipinski definition) is 4. The zero-order valence-electron chi connectivity index (χ0n) is 16.8. The molecule has 1 saturated heterocycles. The quantitative estimate of drug-likeness (QED) is 0.562. The van der Waals surface area contributed by atoms with Gasteiger partial charge < -0.3 is 15.0 Å². The summed E-state index contributed by atoms with van der Waals surface area (Å²) >= 11 is 0. The summed E-state index contributed by atoms with van der Waals surface area (Å²) in [6.07, 6.45) is 3.00. The van der Waals surface area contributed by atoms with E-state index in [1.165, 1.54) is 11.8 Å². The molecule has 0 aromatic heterocycles. The molecule has 1 aromatic carbocycles. The third-order valence-electron chi connectivity index (χ3n) is 4.82. The van der Waals surface area contributed by atoms with Crippen molar-refractivity contribution in [3.8, 4) is 5.75 Å². The Bertz CT molecular complexity index is 711. The summed E-state index contributed by atoms with van der Waals surface area (Å²) < 4.78 is 30.0. The van der Waals surface area contributed by atoms with Gasteiger partial charge in [0.2, 0.25) is 10.0 Å². The van der Waals surface area contributed by atoms with Gasteiger partial charge in [-0.1, -0.05) is 12.1 Å². The van der Waals surface area contributed by atoms with Gasteiger partial charge in [-0.3, -0.25) is 4.99 Å². The van der Waals surface area contributed by atoms with Crippen LogP contribution in [-0.2, 0) is 16.6 Å². The smallest absolute Gasteiger partial charge is 0.211 e. The van der Waals surface area contributed by atoms with Crippen LogP contribution in [0.1, 0.15) is 25.3 Å². The third kappa shape index (κ3) is 6.70. The van der Waals surface area contributed by atoms with Crippen LogP contribution in [0.25, 0.3) is 0 Å². The van der Waals surface area contributed by atoms with E-state index in [0.29, 0.717) is 25.6 Å². The number of benzene rings is 1. The van der Waals surface area contributed by atoms with Gasteiger partial charge in [0, 0.05) is 39.8 Å². The molecule has 1 N–H and O–H groups in total. The third-order valence-corrected chi connectivity index (χ3v) is 6.12. The lowest BCUT2D eigenvalue weighted by molar-refractivity contribution is 0.279. The Hall–Kier alpha value is -1.80. The van der Waals surface area contributed by atoms with Gasteiger partial charge in [-0.25, -0.2) is 12.7 Å². The Morgan fingerprint density at radius 2 is 1.93 bits per heavy atom. The number of nitrogens with one attached hydrogen (secondary N) is 1. The minimum Gasteiger partial charge on any atom is -0.497 e. The second kappa shape index (κ2) is 9.94. The predicted molar refractivity (Wildman–Crippen MR) is 110 cm³/mol. The first-order valence-corrected chi connectivity index (χ1v) is 11.3. The van der Waals surface area contributed by atoms with Gasteiger partial charge in [0.15, 0.2) is 5.96 Å². The highest BCUT2D eigenvalue weighted by Gasteiger charge is 2.24. The predicted octanol–water partition coefficient (Wildman–Crippen LogP) is 1.76. The molecule has 27 heavy (non-hydrogen) atoms. The number of sulfonamides is 1. The Morgan fingerprint density at radius 3 is 2.44 bits per heavy atom. The lowest BCUT2D eigenvalue weighted by atomic mass is 9.98. The van der Waals surface area contributed by atoms with E-state index in [1.54, 1.807) is 11.4 Å². The summed E-state index contributed by atoms with van der Waals surface area (Å²) in [7, 11) is 0.616. The Balaban J connectivity index is 1.92. The number of guanidine groups is 1. The van der Waals surface area contributed by atoms with Gasteiger partial charge in [0.25, 0.3) is 0 Å². The Labute approximate surface area is 163 Å². The summed E-state index contributed by atoms with van der Waals surface area (Å²) in [6, 6.07) is 8.03. The minimum absolute atomic E-state index is 0.422. The molecular formula is C19H32N4O3S. The van der Waals surface area contributed by atoms with Crippen LogP contribution in [0.4, 0.5) is 0 Å². The first-order valence-electron chi connectivity index (χ1n) is 9.41. The lowest BCUT2D eigenvalue weighted by Crippen LogP contribution is -2.40. The normalized spacial score (nSPS) is 17.0. The van der Waals surface area contributed by atoms with Gasteiger partial charge in [-0.05, 0) is 43.4 Å². The average molecular weight is 397 g/mol. The van der Waals surface area contributed by atoms with Gasteiger partial charge >= 0.3 is 0 Å². The van der Waals surface area contributed by atoms with E-state index in [0.717, 1.165) is 37.6 Å². The van der Waals surface area contributed by atoms with Crippen LogP contribution in [0.2, 0.25) is 0 Å². The van der Waals surface area contributed by atoms with Crippen molar-refractivity contribution >= 4 is 16.0 Å². The van der Waals surface area contributed by atoms with Crippen molar-refractivity contribution in [1.82, 2.24) is 14.5 Å². The number of piperidine rings is 1. The van der Waals surface area contributed by atoms with E-state index in [-0.39, 0.29) is 0 Å². The van der Waals surface area contributed by atoms with E-state index in [9.17, 15) is 8.42 Å². The van der Waals surface area contributed by atoms with E-state index >= 15 is 0 Å². The molecule has 0 aliphatic carbocycles. The van der Waals surface area contributed by atoms with Crippen LogP contribution in [0, 0.1) is 5.92 Å². The van der Waals surface area contributed by atoms with Crippen LogP contribution in [0.3, 0.4) is 0 Å². The van der Waals surface area contributed by atoms with Gasteiger partial charge in [0.1, 0.15) is 5.75 Å². The van der Waals surface area contributed by atoms with Crippen molar-refractivity contribution in [3.63, 3.8) is 0 Å². The molecule has 0 saturated carbocycles. The Kier molecular flexibility index (Phi) is 7.91. The molecule has 8 heteroatoms. The summed E-state index contributed by atoms with van der Waals surface area (Å²) in [5.41, 5.74) is 1.19. The second-order valence-electron chi connectivity index (χ2n) is 7.00. The number of aliphatic imine (C=N–C) groups is 1. The maximum Gasteiger partial charge on any atom is 0.211 e. The SMILES string of the molecule is CCNC(=NCC1CCN(S(C)(=O)=O)CC1)N(C)Cc1ccc(OC)cc1. The number of hydrogen-bond donors (Lipinski definition) is 1. The summed E-state index contributed by atoms with van der Waals surface area (Å²) in [5.74, 6) is 2.15. The maximum absolute atomic E-state index is 11.6. The molecule has 1 aliphatic rings. The lowest BCUT2D eigenvalue weighted by Gasteiger charge is -2.30. The van der Waals surface area contributed by atoms with Crippen molar-refractivity contribution < 1.29 is 13.2 Å². The summed E-state index contributed by atoms with van der Waals surface area (Å²) in [6.45, 7) is 5.52. The fourth-order valence-corrected chi connectivity index (χ4v) is 4.06. The van der Waals surface area contributed by atoms with Gasteiger partial charge in [-0.15, -0.1) is 0 Å².